The quantitative estimate of drug-likeness (QED) is 0.165. The van der Waals surface area contributed by atoms with Crippen molar-refractivity contribution in [3.05, 3.63) is 99.6 Å². The van der Waals surface area contributed by atoms with Gasteiger partial charge in [0.05, 0.1) is 17.3 Å². The van der Waals surface area contributed by atoms with Gasteiger partial charge in [0, 0.05) is 5.56 Å². The van der Waals surface area contributed by atoms with E-state index in [1.54, 1.807) is 13.8 Å². The second kappa shape index (κ2) is 9.82. The van der Waals surface area contributed by atoms with E-state index in [-0.39, 0.29) is 33.4 Å². The maximum atomic E-state index is 14.2. The molecule has 2 aromatic carbocycles. The number of aryl methyl sites for hydroxylation is 2. The molecule has 10 heteroatoms. The van der Waals surface area contributed by atoms with E-state index < -0.39 is 41.1 Å². The number of benzene rings is 2. The Hall–Kier alpha value is -4.18. The molecule has 184 valence electrons. The number of hydrogen-bond donors (Lipinski definition) is 1. The number of thiazole rings is 1. The van der Waals surface area contributed by atoms with Crippen molar-refractivity contribution in [3.8, 4) is 0 Å². The summed E-state index contributed by atoms with van der Waals surface area (Å²) in [7, 11) is 0. The van der Waals surface area contributed by atoms with Gasteiger partial charge < -0.3 is 9.84 Å². The van der Waals surface area contributed by atoms with Crippen LogP contribution in [-0.2, 0) is 14.3 Å². The number of anilines is 1. The summed E-state index contributed by atoms with van der Waals surface area (Å²) in [5, 5.41) is 11.1. The van der Waals surface area contributed by atoms with Gasteiger partial charge in [-0.2, -0.15) is 0 Å². The average Bonchev–Trinajstić information content (AvgIpc) is 3.36. The standard InChI is InChI=1S/C26H20F2N2O5S/c1-4-11-35-25(34)23-14(3)29-26(36-23)30-20(15-7-9-17(27)10-8-15)19(22(32)24(30)33)21(31)16-6-5-13(2)18(28)12-16/h4-10,12,20,31H,1,11H2,2-3H3/t20-/m0/s1. The predicted octanol–water partition coefficient (Wildman–Crippen LogP) is 5.01. The second-order valence-electron chi connectivity index (χ2n) is 7.98. The van der Waals surface area contributed by atoms with Gasteiger partial charge in [-0.3, -0.25) is 14.5 Å². The zero-order chi connectivity index (χ0) is 26.1. The van der Waals surface area contributed by atoms with E-state index in [4.69, 9.17) is 4.74 Å². The summed E-state index contributed by atoms with van der Waals surface area (Å²) in [5.74, 6) is -4.48. The Kier molecular flexibility index (Phi) is 6.80. The summed E-state index contributed by atoms with van der Waals surface area (Å²) in [6, 6.07) is 7.71. The van der Waals surface area contributed by atoms with Crippen LogP contribution in [0.1, 0.15) is 38.1 Å². The molecule has 1 aliphatic rings. The number of aromatic nitrogens is 1. The molecule has 0 spiro atoms. The van der Waals surface area contributed by atoms with E-state index in [2.05, 4.69) is 11.6 Å². The number of Topliss-reactive ketones (excluding diaryl/α,β-unsaturated/α-hetero) is 1. The first-order valence-electron chi connectivity index (χ1n) is 10.7. The summed E-state index contributed by atoms with van der Waals surface area (Å²) in [6.07, 6.45) is 1.40. The van der Waals surface area contributed by atoms with Crippen LogP contribution in [-0.4, -0.2) is 34.4 Å². The number of esters is 1. The van der Waals surface area contributed by atoms with Crippen molar-refractivity contribution >= 4 is 39.9 Å². The van der Waals surface area contributed by atoms with Gasteiger partial charge in [-0.05, 0) is 43.2 Å². The van der Waals surface area contributed by atoms with Crippen molar-refractivity contribution in [2.75, 3.05) is 11.5 Å². The summed E-state index contributed by atoms with van der Waals surface area (Å²) in [5.41, 5.74) is 0.569. The van der Waals surface area contributed by atoms with E-state index in [0.29, 0.717) is 11.1 Å². The number of ketones is 1. The minimum absolute atomic E-state index is 0.00335. The molecule has 1 aliphatic heterocycles. The molecular formula is C26H20F2N2O5S. The van der Waals surface area contributed by atoms with Crippen LogP contribution in [0.15, 0.2) is 60.7 Å². The lowest BCUT2D eigenvalue weighted by Crippen LogP contribution is -2.29. The van der Waals surface area contributed by atoms with Gasteiger partial charge in [-0.1, -0.05) is 48.3 Å². The van der Waals surface area contributed by atoms with E-state index in [1.807, 2.05) is 0 Å². The van der Waals surface area contributed by atoms with Gasteiger partial charge in [0.2, 0.25) is 0 Å². The van der Waals surface area contributed by atoms with Crippen LogP contribution in [0.2, 0.25) is 0 Å². The lowest BCUT2D eigenvalue weighted by Gasteiger charge is -2.23. The Bertz CT molecular complexity index is 1430. The molecule has 1 fully saturated rings. The molecule has 4 rings (SSSR count). The predicted molar refractivity (Wildman–Crippen MR) is 130 cm³/mol. The maximum absolute atomic E-state index is 14.2. The number of amides is 1. The lowest BCUT2D eigenvalue weighted by molar-refractivity contribution is -0.132. The van der Waals surface area contributed by atoms with Crippen LogP contribution in [0.4, 0.5) is 13.9 Å². The Balaban J connectivity index is 1.89. The molecule has 0 unspecified atom stereocenters. The molecule has 1 atom stereocenters. The Morgan fingerprint density at radius 3 is 2.53 bits per heavy atom. The van der Waals surface area contributed by atoms with Crippen LogP contribution in [0.5, 0.6) is 0 Å². The number of rotatable bonds is 6. The number of hydrogen-bond acceptors (Lipinski definition) is 7. The van der Waals surface area contributed by atoms with E-state index in [0.717, 1.165) is 34.4 Å². The third kappa shape index (κ3) is 4.42. The number of halogens is 2. The molecule has 1 amide bonds. The molecule has 0 bridgehead atoms. The molecule has 0 aliphatic carbocycles. The number of ether oxygens (including phenoxy) is 1. The average molecular weight is 511 g/mol. The van der Waals surface area contributed by atoms with Gasteiger partial charge in [0.1, 0.15) is 28.9 Å². The monoisotopic (exact) mass is 510 g/mol. The molecule has 0 radical (unpaired) electrons. The van der Waals surface area contributed by atoms with Gasteiger partial charge >= 0.3 is 11.9 Å². The van der Waals surface area contributed by atoms with Crippen LogP contribution in [0, 0.1) is 25.5 Å². The lowest BCUT2D eigenvalue weighted by atomic mass is 9.95. The molecule has 3 aromatic rings. The molecule has 0 saturated carbocycles. The van der Waals surface area contributed by atoms with Crippen molar-refractivity contribution in [1.82, 2.24) is 4.98 Å². The summed E-state index contributed by atoms with van der Waals surface area (Å²) < 4.78 is 33.0. The molecule has 36 heavy (non-hydrogen) atoms. The van der Waals surface area contributed by atoms with Crippen LogP contribution < -0.4 is 4.90 Å². The van der Waals surface area contributed by atoms with Gasteiger partial charge in [0.25, 0.3) is 5.78 Å². The Labute approximate surface area is 209 Å². The second-order valence-corrected chi connectivity index (χ2v) is 8.96. The zero-order valence-electron chi connectivity index (χ0n) is 19.2. The topological polar surface area (TPSA) is 96.8 Å². The van der Waals surface area contributed by atoms with Crippen LogP contribution in [0.3, 0.4) is 0 Å². The highest BCUT2D eigenvalue weighted by Gasteiger charge is 2.48. The number of carbonyl (C=O) groups is 3. The number of nitrogens with zero attached hydrogens (tertiary/aromatic N) is 2. The molecule has 2 heterocycles. The maximum Gasteiger partial charge on any atom is 0.350 e. The summed E-state index contributed by atoms with van der Waals surface area (Å²) in [6.45, 7) is 6.54. The number of aliphatic hydroxyl groups excluding tert-OH is 1. The zero-order valence-corrected chi connectivity index (χ0v) is 20.1. The first-order chi connectivity index (χ1) is 17.1. The third-order valence-corrected chi connectivity index (χ3v) is 6.72. The summed E-state index contributed by atoms with van der Waals surface area (Å²) in [4.78, 5) is 44.2. The van der Waals surface area contributed by atoms with Crippen molar-refractivity contribution in [3.63, 3.8) is 0 Å². The fourth-order valence-corrected chi connectivity index (χ4v) is 4.75. The number of aliphatic hydroxyl groups is 1. The molecule has 7 nitrogen and oxygen atoms in total. The van der Waals surface area contributed by atoms with Crippen molar-refractivity contribution in [2.24, 2.45) is 0 Å². The van der Waals surface area contributed by atoms with Crippen molar-refractivity contribution in [1.29, 1.82) is 0 Å². The van der Waals surface area contributed by atoms with Crippen molar-refractivity contribution in [2.45, 2.75) is 19.9 Å². The van der Waals surface area contributed by atoms with Gasteiger partial charge in [-0.15, -0.1) is 0 Å². The minimum Gasteiger partial charge on any atom is -0.507 e. The van der Waals surface area contributed by atoms with Crippen LogP contribution >= 0.6 is 11.3 Å². The Morgan fingerprint density at radius 2 is 1.89 bits per heavy atom. The van der Waals surface area contributed by atoms with Gasteiger partial charge in [0.15, 0.2) is 5.13 Å². The molecular weight excluding hydrogens is 490 g/mol. The normalized spacial score (nSPS) is 16.9. The van der Waals surface area contributed by atoms with Gasteiger partial charge in [-0.25, -0.2) is 18.6 Å². The molecule has 1 aromatic heterocycles. The highest BCUT2D eigenvalue weighted by Crippen LogP contribution is 2.44. The minimum atomic E-state index is -1.21. The largest absolute Gasteiger partial charge is 0.507 e. The first kappa shape index (κ1) is 24.9. The summed E-state index contributed by atoms with van der Waals surface area (Å²) >= 11 is 0.831. The molecule has 1 N–H and O–H groups in total. The van der Waals surface area contributed by atoms with Crippen molar-refractivity contribution < 1.29 is 33.0 Å². The highest BCUT2D eigenvalue weighted by molar-refractivity contribution is 7.17. The van der Waals surface area contributed by atoms with E-state index >= 15 is 0 Å². The van der Waals surface area contributed by atoms with E-state index in [1.165, 1.54) is 30.3 Å². The smallest absolute Gasteiger partial charge is 0.350 e. The Morgan fingerprint density at radius 1 is 1.19 bits per heavy atom. The third-order valence-electron chi connectivity index (χ3n) is 5.58. The fraction of sp³-hybridized carbons (Fsp3) is 0.154. The van der Waals surface area contributed by atoms with Crippen LogP contribution in [0.25, 0.3) is 5.76 Å². The SMILES string of the molecule is C=CCOC(=O)c1sc(N2C(=O)C(=O)C(=C(O)c3ccc(C)c(F)c3)[C@@H]2c2ccc(F)cc2)nc1C. The highest BCUT2D eigenvalue weighted by atomic mass is 32.1. The number of carbonyl (C=O) groups excluding carboxylic acids is 3. The van der Waals surface area contributed by atoms with E-state index in [9.17, 15) is 28.3 Å². The fourth-order valence-electron chi connectivity index (χ4n) is 3.76. The first-order valence-corrected chi connectivity index (χ1v) is 11.5. The molecule has 1 saturated heterocycles.